The number of nitro benzene ring substituents is 1. The van der Waals surface area contributed by atoms with Crippen molar-refractivity contribution in [3.8, 4) is 0 Å². The van der Waals surface area contributed by atoms with Crippen molar-refractivity contribution < 1.29 is 14.5 Å². The fourth-order valence-electron chi connectivity index (χ4n) is 4.86. The third-order valence-electron chi connectivity index (χ3n) is 6.54. The van der Waals surface area contributed by atoms with Gasteiger partial charge in [0.15, 0.2) is 0 Å². The first-order valence-electron chi connectivity index (χ1n) is 10.6. The number of carbonyl (C=O) groups excluding carboxylic acids is 1. The first-order valence-corrected chi connectivity index (χ1v) is 10.6. The molecule has 3 saturated heterocycles. The molecule has 2 aromatic rings. The van der Waals surface area contributed by atoms with Crippen molar-refractivity contribution in [3.63, 3.8) is 0 Å². The van der Waals surface area contributed by atoms with Gasteiger partial charge in [-0.05, 0) is 30.5 Å². The zero-order valence-corrected chi connectivity index (χ0v) is 17.2. The largest absolute Gasteiger partial charge is 0.371 e. The van der Waals surface area contributed by atoms with E-state index >= 15 is 0 Å². The van der Waals surface area contributed by atoms with Crippen LogP contribution in [0.25, 0.3) is 0 Å². The quantitative estimate of drug-likeness (QED) is 0.549. The maximum atomic E-state index is 12.8. The second kappa shape index (κ2) is 7.90. The Morgan fingerprint density at radius 1 is 1.13 bits per heavy atom. The Balaban J connectivity index is 1.21. The molecule has 4 heterocycles. The standard InChI is InChI=1S/C22H25N5O4/c28-20-14-24(13-17-1-3-19(4-2-17)27(29)30)15-21-26(20)16-22(31-21)7-11-25(12-8-22)18-5-9-23-10-6-18/h1-6,9-10,21H,7-8,11-16H2. The van der Waals surface area contributed by atoms with Gasteiger partial charge in [0, 0.05) is 56.4 Å². The highest BCUT2D eigenvalue weighted by molar-refractivity contribution is 5.79. The second-order valence-corrected chi connectivity index (χ2v) is 8.56. The summed E-state index contributed by atoms with van der Waals surface area (Å²) in [6.07, 6.45) is 5.16. The highest BCUT2D eigenvalue weighted by Gasteiger charge is 2.50. The van der Waals surface area contributed by atoms with E-state index in [9.17, 15) is 14.9 Å². The summed E-state index contributed by atoms with van der Waals surface area (Å²) < 4.78 is 6.50. The molecule has 5 rings (SSSR count). The molecule has 1 unspecified atom stereocenters. The summed E-state index contributed by atoms with van der Waals surface area (Å²) in [5.41, 5.74) is 1.92. The summed E-state index contributed by atoms with van der Waals surface area (Å²) in [6.45, 7) is 4.01. The second-order valence-electron chi connectivity index (χ2n) is 8.56. The molecule has 31 heavy (non-hydrogen) atoms. The molecule has 0 saturated carbocycles. The van der Waals surface area contributed by atoms with Gasteiger partial charge in [-0.15, -0.1) is 0 Å². The monoisotopic (exact) mass is 423 g/mol. The van der Waals surface area contributed by atoms with Crippen LogP contribution in [0.15, 0.2) is 48.8 Å². The summed E-state index contributed by atoms with van der Waals surface area (Å²) in [5.74, 6) is 0.0894. The number of benzene rings is 1. The Kier molecular flexibility index (Phi) is 5.07. The predicted octanol–water partition coefficient (Wildman–Crippen LogP) is 2.03. The number of piperidine rings is 1. The number of hydrogen-bond donors (Lipinski definition) is 0. The van der Waals surface area contributed by atoms with Crippen LogP contribution in [0.2, 0.25) is 0 Å². The van der Waals surface area contributed by atoms with Crippen molar-refractivity contribution in [2.24, 2.45) is 0 Å². The Labute approximate surface area is 180 Å². The number of non-ortho nitro benzene ring substituents is 1. The van der Waals surface area contributed by atoms with Gasteiger partial charge in [0.05, 0.1) is 23.6 Å². The number of nitro groups is 1. The molecular weight excluding hydrogens is 398 g/mol. The molecule has 1 atom stereocenters. The average molecular weight is 423 g/mol. The van der Waals surface area contributed by atoms with Crippen LogP contribution in [0, 0.1) is 10.1 Å². The molecule has 1 amide bonds. The van der Waals surface area contributed by atoms with Crippen molar-refractivity contribution in [1.29, 1.82) is 0 Å². The zero-order chi connectivity index (χ0) is 21.4. The third kappa shape index (κ3) is 3.98. The summed E-state index contributed by atoms with van der Waals surface area (Å²) in [5, 5.41) is 10.8. The number of rotatable bonds is 4. The van der Waals surface area contributed by atoms with Gasteiger partial charge in [-0.3, -0.25) is 24.8 Å². The molecular formula is C22H25N5O4. The molecule has 3 aliphatic rings. The summed E-state index contributed by atoms with van der Waals surface area (Å²) >= 11 is 0. The lowest BCUT2D eigenvalue weighted by molar-refractivity contribution is -0.384. The summed E-state index contributed by atoms with van der Waals surface area (Å²) in [6, 6.07) is 10.6. The number of anilines is 1. The van der Waals surface area contributed by atoms with Crippen LogP contribution in [-0.4, -0.2) is 70.2 Å². The fourth-order valence-corrected chi connectivity index (χ4v) is 4.86. The van der Waals surface area contributed by atoms with Gasteiger partial charge in [0.25, 0.3) is 5.69 Å². The van der Waals surface area contributed by atoms with Crippen LogP contribution in [0.1, 0.15) is 18.4 Å². The Morgan fingerprint density at radius 3 is 2.52 bits per heavy atom. The van der Waals surface area contributed by atoms with Crippen LogP contribution in [-0.2, 0) is 16.1 Å². The molecule has 9 nitrogen and oxygen atoms in total. The maximum Gasteiger partial charge on any atom is 0.269 e. The summed E-state index contributed by atoms with van der Waals surface area (Å²) in [4.78, 5) is 33.7. The average Bonchev–Trinajstić information content (AvgIpc) is 3.13. The molecule has 0 N–H and O–H groups in total. The van der Waals surface area contributed by atoms with Gasteiger partial charge in [-0.25, -0.2) is 0 Å². The Bertz CT molecular complexity index is 960. The van der Waals surface area contributed by atoms with E-state index in [1.807, 2.05) is 29.4 Å². The third-order valence-corrected chi connectivity index (χ3v) is 6.54. The fraction of sp³-hybridized carbons (Fsp3) is 0.455. The number of ether oxygens (including phenoxy) is 1. The number of nitrogens with zero attached hydrogens (tertiary/aromatic N) is 5. The number of aromatic nitrogens is 1. The molecule has 1 aromatic heterocycles. The van der Waals surface area contributed by atoms with Crippen LogP contribution in [0.5, 0.6) is 0 Å². The van der Waals surface area contributed by atoms with E-state index in [1.54, 1.807) is 12.1 Å². The molecule has 0 aliphatic carbocycles. The first kappa shape index (κ1) is 19.9. The van der Waals surface area contributed by atoms with Crippen LogP contribution in [0.4, 0.5) is 11.4 Å². The van der Waals surface area contributed by atoms with E-state index in [4.69, 9.17) is 4.74 Å². The predicted molar refractivity (Wildman–Crippen MR) is 113 cm³/mol. The Morgan fingerprint density at radius 2 is 1.84 bits per heavy atom. The van der Waals surface area contributed by atoms with Gasteiger partial charge >= 0.3 is 0 Å². The molecule has 0 radical (unpaired) electrons. The lowest BCUT2D eigenvalue weighted by Gasteiger charge is -2.39. The van der Waals surface area contributed by atoms with Gasteiger partial charge in [0.1, 0.15) is 6.23 Å². The minimum absolute atomic E-state index is 0.0730. The van der Waals surface area contributed by atoms with E-state index in [2.05, 4.69) is 14.8 Å². The zero-order valence-electron chi connectivity index (χ0n) is 17.2. The van der Waals surface area contributed by atoms with Gasteiger partial charge in [0.2, 0.25) is 5.91 Å². The van der Waals surface area contributed by atoms with Crippen molar-refractivity contribution in [1.82, 2.24) is 14.8 Å². The normalized spacial score (nSPS) is 23.2. The van der Waals surface area contributed by atoms with E-state index in [1.165, 1.54) is 17.8 Å². The number of hydrogen-bond acceptors (Lipinski definition) is 7. The van der Waals surface area contributed by atoms with Crippen LogP contribution < -0.4 is 4.90 Å². The lowest BCUT2D eigenvalue weighted by Crippen LogP contribution is -2.53. The summed E-state index contributed by atoms with van der Waals surface area (Å²) in [7, 11) is 0. The van der Waals surface area contributed by atoms with E-state index in [0.29, 0.717) is 26.2 Å². The maximum absolute atomic E-state index is 12.8. The molecule has 162 valence electrons. The number of amides is 1. The topological polar surface area (TPSA) is 92.0 Å². The molecule has 3 fully saturated rings. The minimum atomic E-state index is -0.405. The minimum Gasteiger partial charge on any atom is -0.371 e. The van der Waals surface area contributed by atoms with Gasteiger partial charge in [-0.1, -0.05) is 12.1 Å². The molecule has 3 aliphatic heterocycles. The highest BCUT2D eigenvalue weighted by atomic mass is 16.6. The molecule has 9 heteroatoms. The SMILES string of the molecule is O=C1CN(Cc2ccc([N+](=O)[O-])cc2)CC2OC3(CCN(c4ccncc4)CC3)CN12. The molecule has 1 aromatic carbocycles. The number of piperazine rings is 1. The van der Waals surface area contributed by atoms with E-state index < -0.39 is 4.92 Å². The van der Waals surface area contributed by atoms with Gasteiger partial charge < -0.3 is 14.5 Å². The van der Waals surface area contributed by atoms with Crippen LogP contribution >= 0.6 is 0 Å². The molecule has 0 bridgehead atoms. The van der Waals surface area contributed by atoms with Gasteiger partial charge in [-0.2, -0.15) is 0 Å². The Hall–Kier alpha value is -3.04. The van der Waals surface area contributed by atoms with E-state index in [-0.39, 0.29) is 23.4 Å². The number of pyridine rings is 1. The van der Waals surface area contributed by atoms with Crippen LogP contribution in [0.3, 0.4) is 0 Å². The first-order chi connectivity index (χ1) is 15.0. The van der Waals surface area contributed by atoms with Crippen molar-refractivity contribution in [2.75, 3.05) is 37.6 Å². The van der Waals surface area contributed by atoms with Crippen molar-refractivity contribution >= 4 is 17.3 Å². The number of carbonyl (C=O) groups is 1. The molecule has 1 spiro atoms. The lowest BCUT2D eigenvalue weighted by atomic mass is 9.91. The number of fused-ring (bicyclic) bond motifs is 1. The smallest absolute Gasteiger partial charge is 0.269 e. The highest BCUT2D eigenvalue weighted by Crippen LogP contribution is 2.38. The van der Waals surface area contributed by atoms with Crippen molar-refractivity contribution in [2.45, 2.75) is 31.2 Å². The van der Waals surface area contributed by atoms with Crippen molar-refractivity contribution in [3.05, 3.63) is 64.5 Å². The van der Waals surface area contributed by atoms with E-state index in [0.717, 1.165) is 31.5 Å².